The number of carbonyl (C=O) groups is 1. The van der Waals surface area contributed by atoms with Gasteiger partial charge in [0, 0.05) is 37.1 Å². The topological polar surface area (TPSA) is 115 Å². The van der Waals surface area contributed by atoms with Gasteiger partial charge in [0.2, 0.25) is 5.91 Å². The Bertz CT molecular complexity index is 1070. The van der Waals surface area contributed by atoms with Crippen molar-refractivity contribution in [3.8, 4) is 6.07 Å². The number of rotatable bonds is 8. The molecule has 4 heterocycles. The molecule has 2 aliphatic rings. The highest BCUT2D eigenvalue weighted by Gasteiger charge is 2.27. The second kappa shape index (κ2) is 11.3. The predicted molar refractivity (Wildman–Crippen MR) is 127 cm³/mol. The molecule has 1 atom stereocenters. The first kappa shape index (κ1) is 23.9. The Balaban J connectivity index is 1.16. The maximum atomic E-state index is 12.6. The predicted octanol–water partition coefficient (Wildman–Crippen LogP) is 2.20. The number of likely N-dealkylation sites (tertiary alicyclic amines) is 1. The van der Waals surface area contributed by atoms with Crippen LogP contribution in [0.25, 0.3) is 0 Å². The summed E-state index contributed by atoms with van der Waals surface area (Å²) in [5, 5.41) is 15.3. The summed E-state index contributed by atoms with van der Waals surface area (Å²) in [6.07, 6.45) is 8.59. The van der Waals surface area contributed by atoms with E-state index in [1.807, 2.05) is 24.0 Å². The quantitative estimate of drug-likeness (QED) is 0.596. The maximum absolute atomic E-state index is 12.6. The van der Waals surface area contributed by atoms with E-state index in [9.17, 15) is 9.59 Å². The Hall–Kier alpha value is -3.25. The Labute approximate surface area is 199 Å². The van der Waals surface area contributed by atoms with Crippen LogP contribution in [0.1, 0.15) is 48.9 Å². The minimum atomic E-state index is -0.161. The van der Waals surface area contributed by atoms with Crippen molar-refractivity contribution in [1.29, 1.82) is 5.26 Å². The summed E-state index contributed by atoms with van der Waals surface area (Å²) in [7, 11) is 0. The van der Waals surface area contributed by atoms with E-state index < -0.39 is 0 Å². The summed E-state index contributed by atoms with van der Waals surface area (Å²) in [5.74, 6) is 0.658. The van der Waals surface area contributed by atoms with Gasteiger partial charge in [-0.15, -0.1) is 0 Å². The SMILES string of the molecule is Cc1c(N2CCC[C@H]2COCCC(=O)N2CCC(Cc3ccc(C#N)cn3)CC2)cn[nH]c1=O. The molecule has 2 fully saturated rings. The van der Waals surface area contributed by atoms with Crippen molar-refractivity contribution in [3.05, 3.63) is 51.7 Å². The van der Waals surface area contributed by atoms with Crippen molar-refractivity contribution < 1.29 is 9.53 Å². The Morgan fingerprint density at radius 1 is 1.24 bits per heavy atom. The molecular formula is C25H32N6O3. The van der Waals surface area contributed by atoms with E-state index in [0.29, 0.717) is 36.7 Å². The van der Waals surface area contributed by atoms with E-state index in [0.717, 1.165) is 63.1 Å². The molecule has 1 N–H and O–H groups in total. The number of carbonyl (C=O) groups excluding carboxylic acids is 1. The van der Waals surface area contributed by atoms with Crippen LogP contribution in [0.15, 0.2) is 29.3 Å². The highest BCUT2D eigenvalue weighted by molar-refractivity contribution is 5.76. The van der Waals surface area contributed by atoms with Gasteiger partial charge in [0.05, 0.1) is 43.1 Å². The molecule has 0 unspecified atom stereocenters. The number of H-pyrrole nitrogens is 1. The van der Waals surface area contributed by atoms with E-state index in [2.05, 4.69) is 26.2 Å². The van der Waals surface area contributed by atoms with Gasteiger partial charge in [-0.2, -0.15) is 10.4 Å². The van der Waals surface area contributed by atoms with Gasteiger partial charge in [-0.1, -0.05) is 0 Å². The van der Waals surface area contributed by atoms with Crippen LogP contribution in [0.3, 0.4) is 0 Å². The molecule has 2 aromatic rings. The number of pyridine rings is 1. The van der Waals surface area contributed by atoms with E-state index in [1.165, 1.54) is 0 Å². The minimum absolute atomic E-state index is 0.146. The Morgan fingerprint density at radius 2 is 2.06 bits per heavy atom. The van der Waals surface area contributed by atoms with Crippen molar-refractivity contribution in [3.63, 3.8) is 0 Å². The van der Waals surface area contributed by atoms with Gasteiger partial charge in [-0.25, -0.2) is 5.10 Å². The van der Waals surface area contributed by atoms with E-state index in [-0.39, 0.29) is 17.5 Å². The van der Waals surface area contributed by atoms with Crippen LogP contribution in [0, 0.1) is 24.2 Å². The number of anilines is 1. The smallest absolute Gasteiger partial charge is 0.269 e. The van der Waals surface area contributed by atoms with Gasteiger partial charge < -0.3 is 14.5 Å². The maximum Gasteiger partial charge on any atom is 0.269 e. The summed E-state index contributed by atoms with van der Waals surface area (Å²) in [6.45, 7) is 5.18. The van der Waals surface area contributed by atoms with Crippen LogP contribution in [0.5, 0.6) is 0 Å². The van der Waals surface area contributed by atoms with Crippen LogP contribution in [-0.2, 0) is 16.0 Å². The Kier molecular flexibility index (Phi) is 7.91. The number of amides is 1. The molecule has 4 rings (SSSR count). The second-order valence-corrected chi connectivity index (χ2v) is 9.20. The van der Waals surface area contributed by atoms with Crippen LogP contribution in [0.4, 0.5) is 5.69 Å². The zero-order valence-corrected chi connectivity index (χ0v) is 19.7. The molecule has 0 aromatic carbocycles. The molecule has 0 bridgehead atoms. The van der Waals surface area contributed by atoms with Crippen molar-refractivity contribution in [1.82, 2.24) is 20.1 Å². The zero-order valence-electron chi connectivity index (χ0n) is 19.7. The lowest BCUT2D eigenvalue weighted by Crippen LogP contribution is -2.39. The first-order chi connectivity index (χ1) is 16.5. The molecule has 2 aliphatic heterocycles. The number of hydrogen-bond acceptors (Lipinski definition) is 7. The third-order valence-electron chi connectivity index (χ3n) is 6.95. The van der Waals surface area contributed by atoms with Crippen LogP contribution in [0.2, 0.25) is 0 Å². The molecule has 1 amide bonds. The van der Waals surface area contributed by atoms with Crippen LogP contribution in [-0.4, -0.2) is 64.9 Å². The fourth-order valence-corrected chi connectivity index (χ4v) is 4.90. The lowest BCUT2D eigenvalue weighted by molar-refractivity contribution is -0.133. The Morgan fingerprint density at radius 3 is 2.79 bits per heavy atom. The normalized spacial score (nSPS) is 18.8. The number of nitrogens with one attached hydrogen (secondary N) is 1. The summed E-state index contributed by atoms with van der Waals surface area (Å²) in [6, 6.07) is 6.02. The molecule has 9 nitrogen and oxygen atoms in total. The average Bonchev–Trinajstić information content (AvgIpc) is 3.32. The second-order valence-electron chi connectivity index (χ2n) is 9.20. The largest absolute Gasteiger partial charge is 0.379 e. The summed E-state index contributed by atoms with van der Waals surface area (Å²) >= 11 is 0. The zero-order chi connectivity index (χ0) is 23.9. The lowest BCUT2D eigenvalue weighted by Gasteiger charge is -2.32. The summed E-state index contributed by atoms with van der Waals surface area (Å²) in [4.78, 5) is 33.1. The third-order valence-corrected chi connectivity index (χ3v) is 6.95. The number of ether oxygens (including phenoxy) is 1. The van der Waals surface area contributed by atoms with Crippen LogP contribution >= 0.6 is 0 Å². The molecule has 180 valence electrons. The number of aromatic amines is 1. The molecule has 2 saturated heterocycles. The summed E-state index contributed by atoms with van der Waals surface area (Å²) < 4.78 is 5.89. The van der Waals surface area contributed by atoms with Gasteiger partial charge in [0.1, 0.15) is 6.07 Å². The van der Waals surface area contributed by atoms with Crippen LogP contribution < -0.4 is 10.5 Å². The molecule has 0 saturated carbocycles. The number of nitrogens with zero attached hydrogens (tertiary/aromatic N) is 5. The highest BCUT2D eigenvalue weighted by Crippen LogP contribution is 2.26. The average molecular weight is 465 g/mol. The van der Waals surface area contributed by atoms with Gasteiger partial charge in [0.25, 0.3) is 5.56 Å². The van der Waals surface area contributed by atoms with Crippen molar-refractivity contribution >= 4 is 11.6 Å². The molecular weight excluding hydrogens is 432 g/mol. The molecule has 0 radical (unpaired) electrons. The van der Waals surface area contributed by atoms with Gasteiger partial charge >= 0.3 is 0 Å². The highest BCUT2D eigenvalue weighted by atomic mass is 16.5. The fraction of sp³-hybridized carbons (Fsp3) is 0.560. The van der Waals surface area contributed by atoms with Gasteiger partial charge in [0.15, 0.2) is 0 Å². The van der Waals surface area contributed by atoms with Crippen molar-refractivity contribution in [2.75, 3.05) is 37.7 Å². The van der Waals surface area contributed by atoms with Gasteiger partial charge in [-0.05, 0) is 57.1 Å². The fourth-order valence-electron chi connectivity index (χ4n) is 4.90. The lowest BCUT2D eigenvalue weighted by atomic mass is 9.92. The molecule has 0 aliphatic carbocycles. The molecule has 2 aromatic heterocycles. The van der Waals surface area contributed by atoms with Crippen molar-refractivity contribution in [2.45, 2.75) is 51.5 Å². The number of hydrogen-bond donors (Lipinski definition) is 1. The third kappa shape index (κ3) is 5.81. The monoisotopic (exact) mass is 464 g/mol. The van der Waals surface area contributed by atoms with E-state index >= 15 is 0 Å². The number of aromatic nitrogens is 3. The first-order valence-corrected chi connectivity index (χ1v) is 12.1. The molecule has 0 spiro atoms. The number of nitriles is 1. The summed E-state index contributed by atoms with van der Waals surface area (Å²) in [5.41, 5.74) is 2.96. The first-order valence-electron chi connectivity index (χ1n) is 12.1. The standard InChI is InChI=1S/C25H32N6O3/c1-18-23(16-28-29-25(18)33)31-9-2-3-22(31)17-34-12-8-24(32)30-10-6-19(7-11-30)13-21-5-4-20(14-26)15-27-21/h4-5,15-16,19,22H,2-3,6-13,17H2,1H3,(H,29,33)/t22-/m0/s1. The van der Waals surface area contributed by atoms with E-state index in [1.54, 1.807) is 12.4 Å². The van der Waals surface area contributed by atoms with Gasteiger partial charge in [-0.3, -0.25) is 14.6 Å². The van der Waals surface area contributed by atoms with Crippen molar-refractivity contribution in [2.24, 2.45) is 5.92 Å². The van der Waals surface area contributed by atoms with E-state index in [4.69, 9.17) is 10.00 Å². The minimum Gasteiger partial charge on any atom is -0.379 e. The molecule has 34 heavy (non-hydrogen) atoms. The molecule has 9 heteroatoms. The number of piperidine rings is 1.